The second kappa shape index (κ2) is 15.0. The topological polar surface area (TPSA) is 47.9 Å². The highest BCUT2D eigenvalue weighted by atomic mass is 28.4. The molecule has 0 saturated carbocycles. The molecule has 45 heavy (non-hydrogen) atoms. The summed E-state index contributed by atoms with van der Waals surface area (Å²) in [7, 11) is -7.01. The summed E-state index contributed by atoms with van der Waals surface area (Å²) in [6, 6.07) is 21.8. The Morgan fingerprint density at radius 3 is 1.24 bits per heavy atom. The van der Waals surface area contributed by atoms with E-state index >= 15 is 0 Å². The molecule has 2 rings (SSSR count). The minimum atomic E-state index is -2.72. The maximum absolute atomic E-state index is 10.5. The number of benzene rings is 2. The van der Waals surface area contributed by atoms with Crippen LogP contribution in [0, 0.1) is 17.8 Å². The van der Waals surface area contributed by atoms with Crippen molar-refractivity contribution in [3.63, 3.8) is 0 Å². The van der Waals surface area contributed by atoms with Crippen LogP contribution in [0.25, 0.3) is 0 Å². The zero-order valence-corrected chi connectivity index (χ0v) is 34.7. The molecule has 0 fully saturated rings. The van der Waals surface area contributed by atoms with Gasteiger partial charge in [-0.05, 0) is 51.7 Å². The molecule has 2 aromatic rings. The van der Waals surface area contributed by atoms with Crippen molar-refractivity contribution in [1.29, 1.82) is 0 Å². The van der Waals surface area contributed by atoms with E-state index in [1.807, 2.05) is 0 Å². The average Bonchev–Trinajstić information content (AvgIpc) is 2.93. The van der Waals surface area contributed by atoms with Crippen LogP contribution < -0.4 is 10.4 Å². The largest absolute Gasteiger partial charge is 0.413 e. The smallest absolute Gasteiger partial charge is 0.261 e. The molecule has 0 unspecified atom stereocenters. The van der Waals surface area contributed by atoms with Crippen molar-refractivity contribution in [1.82, 2.24) is 0 Å². The molecule has 0 aliphatic rings. The fourth-order valence-corrected chi connectivity index (χ4v) is 13.6. The van der Waals surface area contributed by atoms with Crippen molar-refractivity contribution in [3.8, 4) is 0 Å². The van der Waals surface area contributed by atoms with Gasteiger partial charge in [0.05, 0.1) is 12.2 Å². The number of aliphatic hydroxyl groups is 1. The Hall–Kier alpha value is -1.07. The second-order valence-electron chi connectivity index (χ2n) is 17.7. The summed E-state index contributed by atoms with van der Waals surface area (Å²) in [4.78, 5) is 0. The van der Waals surface area contributed by atoms with E-state index in [2.05, 4.69) is 170 Å². The van der Waals surface area contributed by atoms with Crippen LogP contribution >= 0.6 is 0 Å². The molecule has 0 aliphatic heterocycles. The molecule has 0 heterocycles. The summed E-state index contributed by atoms with van der Waals surface area (Å²) < 4.78 is 22.0. The zero-order chi connectivity index (χ0) is 34.6. The van der Waals surface area contributed by atoms with Gasteiger partial charge in [-0.25, -0.2) is 0 Å². The minimum absolute atomic E-state index is 0.00978. The number of hydrogen-bond donors (Lipinski definition) is 1. The van der Waals surface area contributed by atoms with Crippen molar-refractivity contribution >= 4 is 35.3 Å². The zero-order valence-electron chi connectivity index (χ0n) is 31.7. The van der Waals surface area contributed by atoms with E-state index in [-0.39, 0.29) is 51.7 Å². The van der Waals surface area contributed by atoms with E-state index in [0.717, 1.165) is 0 Å². The predicted octanol–water partition coefficient (Wildman–Crippen LogP) is 9.24. The van der Waals surface area contributed by atoms with Crippen LogP contribution in [-0.2, 0) is 13.3 Å². The summed E-state index contributed by atoms with van der Waals surface area (Å²) in [5, 5.41) is 13.1. The highest BCUT2D eigenvalue weighted by Gasteiger charge is 2.51. The van der Waals surface area contributed by atoms with E-state index < -0.39 is 25.0 Å². The summed E-state index contributed by atoms with van der Waals surface area (Å²) >= 11 is 0. The molecule has 4 nitrogen and oxygen atoms in total. The lowest BCUT2D eigenvalue weighted by Gasteiger charge is -2.48. The third kappa shape index (κ3) is 9.30. The fourth-order valence-electron chi connectivity index (χ4n) is 5.92. The van der Waals surface area contributed by atoms with E-state index in [4.69, 9.17) is 13.3 Å². The minimum Gasteiger partial charge on any atom is -0.413 e. The van der Waals surface area contributed by atoms with Crippen LogP contribution in [0.2, 0.25) is 41.3 Å². The molecule has 2 aromatic carbocycles. The molecule has 0 bridgehead atoms. The van der Waals surface area contributed by atoms with E-state index in [0.29, 0.717) is 6.61 Å². The van der Waals surface area contributed by atoms with Crippen molar-refractivity contribution in [2.45, 2.75) is 137 Å². The Bertz CT molecular complexity index is 1120. The highest BCUT2D eigenvalue weighted by molar-refractivity contribution is 6.99. The molecule has 0 aliphatic carbocycles. The number of aliphatic hydroxyl groups excluding tert-OH is 1. The molecule has 7 heteroatoms. The number of hydrogen-bond acceptors (Lipinski definition) is 4. The SMILES string of the molecule is C[C@@H]([C@@H](O[Si](C)(C)C(C)(C)C)[C@H](C)CO[Si](c1ccccc1)(c1ccccc1)C(C)(C)C)[C@@H](O[Si](C)(C)C(C)(C)C)[C@@H](C)CO. The van der Waals surface area contributed by atoms with Crippen molar-refractivity contribution < 1.29 is 18.4 Å². The van der Waals surface area contributed by atoms with E-state index in [1.165, 1.54) is 10.4 Å². The summed E-state index contributed by atoms with van der Waals surface area (Å²) in [6.45, 7) is 37.5. The molecular formula is C38H68O4Si3. The fraction of sp³-hybridized carbons (Fsp3) is 0.684. The Balaban J connectivity index is 2.66. The van der Waals surface area contributed by atoms with Crippen molar-refractivity contribution in [2.24, 2.45) is 17.8 Å². The van der Waals surface area contributed by atoms with Gasteiger partial charge in [-0.15, -0.1) is 0 Å². The first-order valence-corrected chi connectivity index (χ1v) is 24.9. The van der Waals surface area contributed by atoms with Crippen LogP contribution in [-0.4, -0.2) is 55.5 Å². The van der Waals surface area contributed by atoms with Gasteiger partial charge in [0, 0.05) is 31.0 Å². The van der Waals surface area contributed by atoms with Gasteiger partial charge in [-0.1, -0.05) is 144 Å². The highest BCUT2D eigenvalue weighted by Crippen LogP contribution is 2.44. The number of rotatable bonds is 14. The molecule has 0 radical (unpaired) electrons. The normalized spacial score (nSPS) is 17.4. The molecule has 256 valence electrons. The Kier molecular flexibility index (Phi) is 13.4. The molecule has 1 N–H and O–H groups in total. The van der Waals surface area contributed by atoms with Crippen molar-refractivity contribution in [3.05, 3.63) is 60.7 Å². The van der Waals surface area contributed by atoms with Crippen LogP contribution in [0.5, 0.6) is 0 Å². The molecule has 0 spiro atoms. The average molecular weight is 673 g/mol. The maximum Gasteiger partial charge on any atom is 0.261 e. The van der Waals surface area contributed by atoms with Gasteiger partial charge >= 0.3 is 0 Å². The van der Waals surface area contributed by atoms with Gasteiger partial charge in [0.25, 0.3) is 8.32 Å². The van der Waals surface area contributed by atoms with E-state index in [1.54, 1.807) is 0 Å². The second-order valence-corrected chi connectivity index (χ2v) is 31.5. The van der Waals surface area contributed by atoms with Gasteiger partial charge in [0.2, 0.25) is 0 Å². The first-order chi connectivity index (χ1) is 20.4. The van der Waals surface area contributed by atoms with Gasteiger partial charge < -0.3 is 18.4 Å². The third-order valence-electron chi connectivity index (χ3n) is 10.9. The van der Waals surface area contributed by atoms with Crippen LogP contribution in [0.1, 0.15) is 83.1 Å². The first-order valence-electron chi connectivity index (χ1n) is 17.1. The standard InChI is InChI=1S/C38H68O4Si3/c1-29(27-39)34(41-43(13,14)36(4,5)6)31(3)35(42-44(15,16)37(7,8)9)30(2)28-40-45(38(10,11)12,32-23-19-17-20-24-32)33-25-21-18-22-26-33/h17-26,29-31,34-35,39H,27-28H2,1-16H3/t29-,30+,31+,34-,35-/m0/s1. The maximum atomic E-state index is 10.5. The lowest BCUT2D eigenvalue weighted by Crippen LogP contribution is -2.67. The van der Waals surface area contributed by atoms with Gasteiger partial charge in [0.15, 0.2) is 16.6 Å². The monoisotopic (exact) mass is 672 g/mol. The molecule has 0 saturated heterocycles. The van der Waals surface area contributed by atoms with Crippen molar-refractivity contribution in [2.75, 3.05) is 13.2 Å². The Morgan fingerprint density at radius 2 is 0.933 bits per heavy atom. The predicted molar refractivity (Wildman–Crippen MR) is 202 cm³/mol. The lowest BCUT2D eigenvalue weighted by atomic mass is 9.85. The van der Waals surface area contributed by atoms with Crippen LogP contribution in [0.4, 0.5) is 0 Å². The van der Waals surface area contributed by atoms with E-state index in [9.17, 15) is 5.11 Å². The summed E-state index contributed by atoms with van der Waals surface area (Å²) in [6.07, 6.45) is -0.214. The van der Waals surface area contributed by atoms with Gasteiger partial charge in [-0.2, -0.15) is 0 Å². The Labute approximate surface area is 281 Å². The molecule has 0 amide bonds. The summed E-state index contributed by atoms with van der Waals surface area (Å²) in [5.41, 5.74) is 0. The lowest BCUT2D eigenvalue weighted by molar-refractivity contribution is -0.0334. The third-order valence-corrected chi connectivity index (χ3v) is 24.9. The Morgan fingerprint density at radius 1 is 0.578 bits per heavy atom. The molecule has 0 aromatic heterocycles. The summed E-state index contributed by atoms with van der Waals surface area (Å²) in [5.74, 6) is 0.157. The van der Waals surface area contributed by atoms with Gasteiger partial charge in [-0.3, -0.25) is 0 Å². The molecule has 5 atom stereocenters. The van der Waals surface area contributed by atoms with Gasteiger partial charge in [0.1, 0.15) is 0 Å². The quantitative estimate of drug-likeness (QED) is 0.203. The van der Waals surface area contributed by atoms with Crippen LogP contribution in [0.3, 0.4) is 0 Å². The first kappa shape index (κ1) is 40.1. The molecular weight excluding hydrogens is 605 g/mol. The van der Waals surface area contributed by atoms with Crippen LogP contribution in [0.15, 0.2) is 60.7 Å².